The Morgan fingerprint density at radius 1 is 1.04 bits per heavy atom. The van der Waals surface area contributed by atoms with Gasteiger partial charge in [-0.2, -0.15) is 0 Å². The van der Waals surface area contributed by atoms with E-state index in [0.29, 0.717) is 39.1 Å². The van der Waals surface area contributed by atoms with Gasteiger partial charge in [0.1, 0.15) is 18.3 Å². The molecule has 3 saturated heterocycles. The molecule has 0 amide bonds. The SMILES string of the molecule is CC(C)(O)O.CC1(C)O[C@H]2[C@@H](COCCOCC3CO3)OCC[C@H]2O1. The van der Waals surface area contributed by atoms with Gasteiger partial charge in [-0.15, -0.1) is 0 Å². The Hall–Kier alpha value is -0.320. The molecular weight excluding hydrogens is 332 g/mol. The standard InChI is InChI=1S/C14H24O6.C3H8O2/c1-14(2)19-11-3-4-17-12(13(11)20-14)9-16-6-5-15-7-10-8-18-10;1-3(2,4)5/h10-13H,3-9H2,1-2H3;4-5H,1-2H3/t10?,11-,12-,13-;/m1./s1. The molecule has 0 bridgehead atoms. The lowest BCUT2D eigenvalue weighted by atomic mass is 10.0. The van der Waals surface area contributed by atoms with Crippen LogP contribution in [-0.4, -0.2) is 85.8 Å². The Balaban J connectivity index is 0.000000399. The van der Waals surface area contributed by atoms with E-state index >= 15 is 0 Å². The highest BCUT2D eigenvalue weighted by atomic mass is 16.8. The fraction of sp³-hybridized carbons (Fsp3) is 1.00. The zero-order valence-electron chi connectivity index (χ0n) is 15.6. The van der Waals surface area contributed by atoms with E-state index in [1.165, 1.54) is 13.8 Å². The molecule has 2 N–H and O–H groups in total. The topological polar surface area (TPSA) is 99.1 Å². The third-order valence-corrected chi connectivity index (χ3v) is 3.68. The lowest BCUT2D eigenvalue weighted by Crippen LogP contribution is -2.45. The van der Waals surface area contributed by atoms with Gasteiger partial charge in [0.2, 0.25) is 0 Å². The zero-order valence-corrected chi connectivity index (χ0v) is 15.6. The van der Waals surface area contributed by atoms with E-state index in [1.807, 2.05) is 13.8 Å². The molecule has 3 fully saturated rings. The van der Waals surface area contributed by atoms with Gasteiger partial charge in [0.05, 0.1) is 39.1 Å². The summed E-state index contributed by atoms with van der Waals surface area (Å²) in [6.45, 7) is 10.3. The van der Waals surface area contributed by atoms with Crippen molar-refractivity contribution in [1.29, 1.82) is 0 Å². The second kappa shape index (κ2) is 9.05. The fourth-order valence-electron chi connectivity index (χ4n) is 2.67. The molecular formula is C17H32O8. The van der Waals surface area contributed by atoms with E-state index in [-0.39, 0.29) is 18.3 Å². The first-order valence-corrected chi connectivity index (χ1v) is 8.83. The molecule has 3 aliphatic heterocycles. The maximum atomic E-state index is 8.08. The molecule has 3 heterocycles. The number of rotatable bonds is 7. The summed E-state index contributed by atoms with van der Waals surface area (Å²) in [6.07, 6.45) is 1.23. The van der Waals surface area contributed by atoms with Gasteiger partial charge in [-0.05, 0) is 34.1 Å². The van der Waals surface area contributed by atoms with E-state index in [1.54, 1.807) is 0 Å². The number of fused-ring (bicyclic) bond motifs is 1. The number of aliphatic hydroxyl groups is 2. The summed E-state index contributed by atoms with van der Waals surface area (Å²) in [4.78, 5) is 0. The summed E-state index contributed by atoms with van der Waals surface area (Å²) < 4.78 is 33.6. The molecule has 0 spiro atoms. The van der Waals surface area contributed by atoms with Crippen LogP contribution in [0.3, 0.4) is 0 Å². The first-order valence-electron chi connectivity index (χ1n) is 8.83. The molecule has 25 heavy (non-hydrogen) atoms. The van der Waals surface area contributed by atoms with Gasteiger partial charge in [0.25, 0.3) is 0 Å². The average molecular weight is 364 g/mol. The molecule has 1 unspecified atom stereocenters. The second-order valence-electron chi connectivity index (χ2n) is 7.44. The average Bonchev–Trinajstić information content (AvgIpc) is 3.22. The van der Waals surface area contributed by atoms with Crippen molar-refractivity contribution in [2.24, 2.45) is 0 Å². The van der Waals surface area contributed by atoms with Gasteiger partial charge in [-0.3, -0.25) is 0 Å². The van der Waals surface area contributed by atoms with Gasteiger partial charge >= 0.3 is 0 Å². The highest BCUT2D eigenvalue weighted by Crippen LogP contribution is 2.35. The van der Waals surface area contributed by atoms with Crippen LogP contribution in [0.4, 0.5) is 0 Å². The van der Waals surface area contributed by atoms with Crippen molar-refractivity contribution in [1.82, 2.24) is 0 Å². The molecule has 148 valence electrons. The Morgan fingerprint density at radius 2 is 1.64 bits per heavy atom. The number of hydrogen-bond donors (Lipinski definition) is 2. The third-order valence-electron chi connectivity index (χ3n) is 3.68. The first-order chi connectivity index (χ1) is 11.6. The van der Waals surface area contributed by atoms with Gasteiger partial charge < -0.3 is 38.6 Å². The normalized spacial score (nSPS) is 33.4. The van der Waals surface area contributed by atoms with E-state index in [9.17, 15) is 0 Å². The van der Waals surface area contributed by atoms with Crippen LogP contribution in [0.5, 0.6) is 0 Å². The third kappa shape index (κ3) is 8.74. The van der Waals surface area contributed by atoms with Crippen LogP contribution in [0.15, 0.2) is 0 Å². The Labute approximate surface area is 149 Å². The van der Waals surface area contributed by atoms with Crippen molar-refractivity contribution < 1.29 is 38.6 Å². The van der Waals surface area contributed by atoms with Crippen molar-refractivity contribution in [2.45, 2.75) is 70.1 Å². The van der Waals surface area contributed by atoms with Gasteiger partial charge in [0.15, 0.2) is 11.6 Å². The van der Waals surface area contributed by atoms with Crippen molar-refractivity contribution in [3.05, 3.63) is 0 Å². The smallest absolute Gasteiger partial charge is 0.163 e. The van der Waals surface area contributed by atoms with E-state index in [0.717, 1.165) is 13.0 Å². The fourth-order valence-corrected chi connectivity index (χ4v) is 2.67. The van der Waals surface area contributed by atoms with Crippen molar-refractivity contribution in [3.8, 4) is 0 Å². The first kappa shape index (κ1) is 21.0. The maximum absolute atomic E-state index is 8.08. The number of epoxide rings is 1. The van der Waals surface area contributed by atoms with Gasteiger partial charge in [-0.25, -0.2) is 0 Å². The van der Waals surface area contributed by atoms with Crippen molar-refractivity contribution in [3.63, 3.8) is 0 Å². The van der Waals surface area contributed by atoms with E-state index in [4.69, 9.17) is 38.6 Å². The summed E-state index contributed by atoms with van der Waals surface area (Å²) >= 11 is 0. The van der Waals surface area contributed by atoms with Crippen LogP contribution in [-0.2, 0) is 28.4 Å². The minimum absolute atomic E-state index is 0.0282. The Kier molecular flexibility index (Phi) is 7.60. The highest BCUT2D eigenvalue weighted by Gasteiger charge is 2.47. The summed E-state index contributed by atoms with van der Waals surface area (Å²) in [5, 5.41) is 16.2. The van der Waals surface area contributed by atoms with Crippen LogP contribution < -0.4 is 0 Å². The molecule has 3 aliphatic rings. The Bertz CT molecular complexity index is 385. The Morgan fingerprint density at radius 3 is 2.24 bits per heavy atom. The predicted octanol–water partition coefficient (Wildman–Crippen LogP) is 0.435. The van der Waals surface area contributed by atoms with Crippen LogP contribution >= 0.6 is 0 Å². The minimum Gasteiger partial charge on any atom is -0.376 e. The molecule has 8 nitrogen and oxygen atoms in total. The molecule has 0 aromatic carbocycles. The molecule has 0 aromatic rings. The lowest BCUT2D eigenvalue weighted by molar-refractivity contribution is -0.160. The molecule has 4 atom stereocenters. The zero-order chi connectivity index (χ0) is 18.5. The van der Waals surface area contributed by atoms with Crippen LogP contribution in [0.25, 0.3) is 0 Å². The predicted molar refractivity (Wildman–Crippen MR) is 88.1 cm³/mol. The van der Waals surface area contributed by atoms with E-state index < -0.39 is 11.6 Å². The van der Waals surface area contributed by atoms with Gasteiger partial charge in [-0.1, -0.05) is 0 Å². The molecule has 3 rings (SSSR count). The number of hydrogen-bond acceptors (Lipinski definition) is 8. The summed E-state index contributed by atoms with van der Waals surface area (Å²) in [7, 11) is 0. The molecule has 0 radical (unpaired) electrons. The quantitative estimate of drug-likeness (QED) is 0.381. The molecule has 0 aromatic heterocycles. The van der Waals surface area contributed by atoms with Crippen molar-refractivity contribution in [2.75, 3.05) is 39.6 Å². The van der Waals surface area contributed by atoms with E-state index in [2.05, 4.69) is 0 Å². The van der Waals surface area contributed by atoms with Crippen LogP contribution in [0.2, 0.25) is 0 Å². The minimum atomic E-state index is -1.50. The molecule has 0 aliphatic carbocycles. The van der Waals surface area contributed by atoms with Gasteiger partial charge in [0, 0.05) is 6.61 Å². The summed E-state index contributed by atoms with van der Waals surface area (Å²) in [6, 6.07) is 0. The summed E-state index contributed by atoms with van der Waals surface area (Å²) in [5.41, 5.74) is 0. The molecule has 0 saturated carbocycles. The maximum Gasteiger partial charge on any atom is 0.163 e. The second-order valence-corrected chi connectivity index (χ2v) is 7.44. The largest absolute Gasteiger partial charge is 0.376 e. The highest BCUT2D eigenvalue weighted by molar-refractivity contribution is 4.90. The van der Waals surface area contributed by atoms with Crippen LogP contribution in [0.1, 0.15) is 34.1 Å². The van der Waals surface area contributed by atoms with Crippen molar-refractivity contribution >= 4 is 0 Å². The van der Waals surface area contributed by atoms with Crippen LogP contribution in [0, 0.1) is 0 Å². The summed E-state index contributed by atoms with van der Waals surface area (Å²) in [5.74, 6) is -2.02. The monoisotopic (exact) mass is 364 g/mol. The lowest BCUT2D eigenvalue weighted by Gasteiger charge is -2.31. The number of ether oxygens (including phenoxy) is 6. The molecule has 8 heteroatoms.